The summed E-state index contributed by atoms with van der Waals surface area (Å²) in [7, 11) is 1.37. The third kappa shape index (κ3) is 4.24. The first-order chi connectivity index (χ1) is 9.32. The van der Waals surface area contributed by atoms with Gasteiger partial charge in [-0.2, -0.15) is 0 Å². The summed E-state index contributed by atoms with van der Waals surface area (Å²) in [5.41, 5.74) is 0.371. The van der Waals surface area contributed by atoms with Crippen molar-refractivity contribution in [2.75, 3.05) is 13.6 Å². The average molecular weight is 299 g/mol. The Kier molecular flexibility index (Phi) is 5.52. The molecule has 2 N–H and O–H groups in total. The number of aliphatic carboxylic acids is 1. The first-order valence-corrected chi connectivity index (χ1v) is 6.23. The molecule has 20 heavy (non-hydrogen) atoms. The van der Waals surface area contributed by atoms with Crippen molar-refractivity contribution in [2.24, 2.45) is 0 Å². The number of carbonyl (C=O) groups excluding carboxylic acids is 2. The molecule has 0 aliphatic heterocycles. The second kappa shape index (κ2) is 6.91. The first-order valence-electron chi connectivity index (χ1n) is 5.85. The molecule has 0 bridgehead atoms. The number of amides is 2. The molecular formula is C13H15ClN2O4. The Morgan fingerprint density at radius 1 is 1.30 bits per heavy atom. The summed E-state index contributed by atoms with van der Waals surface area (Å²) in [4.78, 5) is 35.3. The van der Waals surface area contributed by atoms with Crippen LogP contribution in [0.1, 0.15) is 17.3 Å². The van der Waals surface area contributed by atoms with Crippen LogP contribution >= 0.6 is 11.6 Å². The Labute approximate surface area is 121 Å². The number of carboxylic acids is 1. The van der Waals surface area contributed by atoms with E-state index in [0.29, 0.717) is 10.6 Å². The third-order valence-electron chi connectivity index (χ3n) is 2.84. The Bertz CT molecular complexity index is 516. The number of rotatable bonds is 5. The lowest BCUT2D eigenvalue weighted by molar-refractivity contribution is -0.147. The molecule has 7 heteroatoms. The van der Waals surface area contributed by atoms with Crippen molar-refractivity contribution in [3.8, 4) is 0 Å². The minimum atomic E-state index is -1.11. The lowest BCUT2D eigenvalue weighted by Crippen LogP contribution is -2.45. The van der Waals surface area contributed by atoms with E-state index >= 15 is 0 Å². The summed E-state index contributed by atoms with van der Waals surface area (Å²) >= 11 is 5.70. The Morgan fingerprint density at radius 2 is 1.85 bits per heavy atom. The molecule has 0 radical (unpaired) electrons. The van der Waals surface area contributed by atoms with Gasteiger partial charge in [-0.3, -0.25) is 9.59 Å². The fourth-order valence-corrected chi connectivity index (χ4v) is 1.49. The van der Waals surface area contributed by atoms with Crippen LogP contribution in [0.15, 0.2) is 24.3 Å². The number of benzene rings is 1. The van der Waals surface area contributed by atoms with E-state index in [9.17, 15) is 14.4 Å². The SMILES string of the molecule is CC(C(=O)O)N(C)C(=O)CNC(=O)c1ccc(Cl)cc1. The van der Waals surface area contributed by atoms with Crippen LogP contribution in [-0.2, 0) is 9.59 Å². The maximum Gasteiger partial charge on any atom is 0.326 e. The van der Waals surface area contributed by atoms with E-state index in [1.54, 1.807) is 12.1 Å². The van der Waals surface area contributed by atoms with Gasteiger partial charge in [-0.1, -0.05) is 11.6 Å². The minimum absolute atomic E-state index is 0.268. The molecule has 0 spiro atoms. The molecule has 1 unspecified atom stereocenters. The molecule has 0 aliphatic rings. The van der Waals surface area contributed by atoms with Gasteiger partial charge in [-0.25, -0.2) is 4.79 Å². The zero-order valence-electron chi connectivity index (χ0n) is 11.1. The number of likely N-dealkylation sites (N-methyl/N-ethyl adjacent to an activating group) is 1. The van der Waals surface area contributed by atoms with Crippen molar-refractivity contribution in [3.63, 3.8) is 0 Å². The highest BCUT2D eigenvalue weighted by Gasteiger charge is 2.21. The molecular weight excluding hydrogens is 284 g/mol. The fourth-order valence-electron chi connectivity index (χ4n) is 1.37. The van der Waals surface area contributed by atoms with Crippen molar-refractivity contribution in [3.05, 3.63) is 34.9 Å². The van der Waals surface area contributed by atoms with Crippen LogP contribution in [0.5, 0.6) is 0 Å². The molecule has 0 heterocycles. The van der Waals surface area contributed by atoms with Crippen molar-refractivity contribution in [1.29, 1.82) is 0 Å². The molecule has 1 aromatic carbocycles. The summed E-state index contributed by atoms with van der Waals surface area (Å²) in [5.74, 6) is -2.02. The van der Waals surface area contributed by atoms with E-state index in [1.165, 1.54) is 26.1 Å². The smallest absolute Gasteiger partial charge is 0.326 e. The summed E-state index contributed by atoms with van der Waals surface area (Å²) in [5, 5.41) is 11.7. The van der Waals surface area contributed by atoms with Crippen LogP contribution in [0.3, 0.4) is 0 Å². The highest BCUT2D eigenvalue weighted by atomic mass is 35.5. The van der Waals surface area contributed by atoms with Gasteiger partial charge in [0.25, 0.3) is 5.91 Å². The molecule has 1 atom stereocenters. The molecule has 1 rings (SSSR count). The van der Waals surface area contributed by atoms with Crippen LogP contribution in [0.2, 0.25) is 5.02 Å². The van der Waals surface area contributed by atoms with Crippen LogP contribution in [0.4, 0.5) is 0 Å². The van der Waals surface area contributed by atoms with Gasteiger partial charge in [-0.15, -0.1) is 0 Å². The number of hydrogen-bond acceptors (Lipinski definition) is 3. The summed E-state index contributed by atoms with van der Waals surface area (Å²) < 4.78 is 0. The predicted molar refractivity (Wildman–Crippen MR) is 73.7 cm³/mol. The third-order valence-corrected chi connectivity index (χ3v) is 3.09. The standard InChI is InChI=1S/C13H15ClN2O4/c1-8(13(19)20)16(2)11(17)7-15-12(18)9-3-5-10(14)6-4-9/h3-6,8H,7H2,1-2H3,(H,15,18)(H,19,20). The van der Waals surface area contributed by atoms with Crippen LogP contribution in [0.25, 0.3) is 0 Å². The minimum Gasteiger partial charge on any atom is -0.480 e. The van der Waals surface area contributed by atoms with Crippen molar-refractivity contribution >= 4 is 29.4 Å². The first kappa shape index (κ1) is 16.0. The van der Waals surface area contributed by atoms with Gasteiger partial charge < -0.3 is 15.3 Å². The molecule has 0 fully saturated rings. The lowest BCUT2D eigenvalue weighted by atomic mass is 10.2. The van der Waals surface area contributed by atoms with Gasteiger partial charge in [0.2, 0.25) is 5.91 Å². The Hall–Kier alpha value is -2.08. The van der Waals surface area contributed by atoms with Crippen molar-refractivity contribution in [1.82, 2.24) is 10.2 Å². The van der Waals surface area contributed by atoms with E-state index in [0.717, 1.165) is 4.90 Å². The monoisotopic (exact) mass is 298 g/mol. The zero-order valence-corrected chi connectivity index (χ0v) is 11.8. The van der Waals surface area contributed by atoms with Crippen molar-refractivity contribution < 1.29 is 19.5 Å². The second-order valence-electron chi connectivity index (χ2n) is 4.21. The fraction of sp³-hybridized carbons (Fsp3) is 0.308. The summed E-state index contributed by atoms with van der Waals surface area (Å²) in [6.07, 6.45) is 0. The number of carboxylic acid groups (broad SMARTS) is 1. The second-order valence-corrected chi connectivity index (χ2v) is 4.64. The summed E-state index contributed by atoms with van der Waals surface area (Å²) in [6, 6.07) is 5.25. The highest BCUT2D eigenvalue weighted by molar-refractivity contribution is 6.30. The van der Waals surface area contributed by atoms with E-state index < -0.39 is 23.8 Å². The number of halogens is 1. The van der Waals surface area contributed by atoms with E-state index in [1.807, 2.05) is 0 Å². The molecule has 1 aromatic rings. The van der Waals surface area contributed by atoms with Gasteiger partial charge >= 0.3 is 5.97 Å². The number of nitrogens with one attached hydrogen (secondary N) is 1. The van der Waals surface area contributed by atoms with Crippen LogP contribution in [-0.4, -0.2) is 47.4 Å². The number of nitrogens with zero attached hydrogens (tertiary/aromatic N) is 1. The molecule has 0 saturated carbocycles. The van der Waals surface area contributed by atoms with Gasteiger partial charge in [0.05, 0.1) is 6.54 Å². The van der Waals surface area contributed by atoms with Gasteiger partial charge in [0.15, 0.2) is 0 Å². The number of carbonyl (C=O) groups is 3. The molecule has 0 aliphatic carbocycles. The average Bonchev–Trinajstić information content (AvgIpc) is 2.43. The molecule has 2 amide bonds. The van der Waals surface area contributed by atoms with Gasteiger partial charge in [-0.05, 0) is 31.2 Å². The Morgan fingerprint density at radius 3 is 2.35 bits per heavy atom. The maximum absolute atomic E-state index is 11.7. The van der Waals surface area contributed by atoms with Crippen LogP contribution in [0, 0.1) is 0 Å². The maximum atomic E-state index is 11.7. The largest absolute Gasteiger partial charge is 0.480 e. The normalized spacial score (nSPS) is 11.6. The van der Waals surface area contributed by atoms with Gasteiger partial charge in [0, 0.05) is 17.6 Å². The zero-order chi connectivity index (χ0) is 15.3. The highest BCUT2D eigenvalue weighted by Crippen LogP contribution is 2.09. The lowest BCUT2D eigenvalue weighted by Gasteiger charge is -2.21. The quantitative estimate of drug-likeness (QED) is 0.849. The topological polar surface area (TPSA) is 86.7 Å². The molecule has 6 nitrogen and oxygen atoms in total. The Balaban J connectivity index is 2.54. The van der Waals surface area contributed by atoms with Gasteiger partial charge in [0.1, 0.15) is 6.04 Å². The molecule has 0 saturated heterocycles. The number of hydrogen-bond donors (Lipinski definition) is 2. The summed E-state index contributed by atoms with van der Waals surface area (Å²) in [6.45, 7) is 1.12. The molecule has 108 valence electrons. The van der Waals surface area contributed by atoms with E-state index in [-0.39, 0.29) is 6.54 Å². The van der Waals surface area contributed by atoms with Crippen LogP contribution < -0.4 is 5.32 Å². The molecule has 0 aromatic heterocycles. The van der Waals surface area contributed by atoms with Crippen molar-refractivity contribution in [2.45, 2.75) is 13.0 Å². The van der Waals surface area contributed by atoms with E-state index in [2.05, 4.69) is 5.32 Å². The van der Waals surface area contributed by atoms with E-state index in [4.69, 9.17) is 16.7 Å². The predicted octanol–water partition coefficient (Wildman–Crippen LogP) is 1.00.